The Balaban J connectivity index is 3.03. The van der Waals surface area contributed by atoms with Crippen molar-refractivity contribution in [2.24, 2.45) is 5.92 Å². The van der Waals surface area contributed by atoms with E-state index in [1.54, 1.807) is 19.9 Å². The molecule has 2 atom stereocenters. The van der Waals surface area contributed by atoms with E-state index in [9.17, 15) is 10.2 Å². The second kappa shape index (κ2) is 5.83. The van der Waals surface area contributed by atoms with E-state index < -0.39 is 11.9 Å². The quantitative estimate of drug-likeness (QED) is 0.799. The lowest BCUT2D eigenvalue weighted by Crippen LogP contribution is -2.30. The Morgan fingerprint density at radius 2 is 1.94 bits per heavy atom. The highest BCUT2D eigenvalue weighted by atomic mass is 35.5. The molecule has 1 aromatic carbocycles. The van der Waals surface area contributed by atoms with Gasteiger partial charge in [-0.05, 0) is 25.5 Å². The normalized spacial score (nSPS) is 15.6. The van der Waals surface area contributed by atoms with Crippen LogP contribution in [-0.2, 0) is 4.74 Å². The Bertz CT molecular complexity index is 360. The maximum atomic E-state index is 9.74. The lowest BCUT2D eigenvalue weighted by atomic mass is 9.97. The highest BCUT2D eigenvalue weighted by Crippen LogP contribution is 2.33. The molecule has 0 heterocycles. The monoisotopic (exact) mass is 258 g/mol. The number of aliphatic hydroxyl groups excluding tert-OH is 1. The predicted octanol–water partition coefficient (Wildman–Crippen LogP) is 2.75. The first-order valence-electron chi connectivity index (χ1n) is 5.60. The molecule has 0 saturated carbocycles. The van der Waals surface area contributed by atoms with Gasteiger partial charge in [0.1, 0.15) is 0 Å². The Labute approximate surface area is 107 Å². The molecule has 0 saturated heterocycles. The molecule has 17 heavy (non-hydrogen) atoms. The molecule has 0 unspecified atom stereocenters. The van der Waals surface area contributed by atoms with Gasteiger partial charge in [-0.2, -0.15) is 0 Å². The van der Waals surface area contributed by atoms with Crippen molar-refractivity contribution in [2.75, 3.05) is 6.61 Å². The zero-order chi connectivity index (χ0) is 13.1. The summed E-state index contributed by atoms with van der Waals surface area (Å²) in [5, 5.41) is 19.6. The molecular weight excluding hydrogens is 240 g/mol. The molecule has 1 rings (SSSR count). The van der Waals surface area contributed by atoms with E-state index in [0.717, 1.165) is 5.56 Å². The van der Waals surface area contributed by atoms with Crippen LogP contribution in [0.5, 0.6) is 0 Å². The van der Waals surface area contributed by atoms with Crippen molar-refractivity contribution in [1.29, 1.82) is 0 Å². The minimum absolute atomic E-state index is 0.0357. The Kier molecular flexibility index (Phi) is 4.95. The van der Waals surface area contributed by atoms with Gasteiger partial charge in [0.2, 0.25) is 0 Å². The van der Waals surface area contributed by atoms with Gasteiger partial charge in [-0.3, -0.25) is 0 Å². The average molecular weight is 259 g/mol. The summed E-state index contributed by atoms with van der Waals surface area (Å²) < 4.78 is 5.57. The summed E-state index contributed by atoms with van der Waals surface area (Å²) in [5.41, 5.74) is 0.776. The van der Waals surface area contributed by atoms with E-state index >= 15 is 0 Å². The lowest BCUT2D eigenvalue weighted by molar-refractivity contribution is -0.220. The topological polar surface area (TPSA) is 49.7 Å². The number of ether oxygens (including phenoxy) is 1. The van der Waals surface area contributed by atoms with Gasteiger partial charge in [0, 0.05) is 17.5 Å². The van der Waals surface area contributed by atoms with Crippen molar-refractivity contribution in [1.82, 2.24) is 0 Å². The summed E-state index contributed by atoms with van der Waals surface area (Å²) in [6, 6.07) is 7.29. The summed E-state index contributed by atoms with van der Waals surface area (Å²) in [7, 11) is 0. The molecule has 96 valence electrons. The molecule has 0 bridgehead atoms. The minimum Gasteiger partial charge on any atom is -0.396 e. The molecule has 0 aliphatic heterocycles. The largest absolute Gasteiger partial charge is 0.396 e. The fourth-order valence-corrected chi connectivity index (χ4v) is 1.84. The van der Waals surface area contributed by atoms with Crippen molar-refractivity contribution in [2.45, 2.75) is 32.7 Å². The highest BCUT2D eigenvalue weighted by molar-refractivity contribution is 6.31. The van der Waals surface area contributed by atoms with E-state index in [2.05, 4.69) is 0 Å². The molecule has 0 spiro atoms. The third kappa shape index (κ3) is 4.28. The molecule has 3 nitrogen and oxygen atoms in total. The Hall–Kier alpha value is -0.610. The molecule has 2 N–H and O–H groups in total. The molecule has 1 aromatic rings. The number of rotatable bonds is 5. The molecule has 0 amide bonds. The SMILES string of the molecule is C[C@H](CO)[C@@H](OC(C)(C)O)c1ccccc1Cl. The smallest absolute Gasteiger partial charge is 0.160 e. The van der Waals surface area contributed by atoms with Crippen LogP contribution in [0.15, 0.2) is 24.3 Å². The third-order valence-electron chi connectivity index (χ3n) is 2.43. The fourth-order valence-electron chi connectivity index (χ4n) is 1.60. The second-order valence-electron chi connectivity index (χ2n) is 4.67. The van der Waals surface area contributed by atoms with Crippen molar-refractivity contribution >= 4 is 11.6 Å². The van der Waals surface area contributed by atoms with E-state index in [4.69, 9.17) is 16.3 Å². The molecular formula is C13H19ClO3. The van der Waals surface area contributed by atoms with Gasteiger partial charge < -0.3 is 14.9 Å². The van der Waals surface area contributed by atoms with Crippen LogP contribution in [0.4, 0.5) is 0 Å². The van der Waals surface area contributed by atoms with Gasteiger partial charge in [-0.1, -0.05) is 36.7 Å². The summed E-state index contributed by atoms with van der Waals surface area (Å²) in [6.07, 6.45) is -0.436. The summed E-state index contributed by atoms with van der Waals surface area (Å²) >= 11 is 6.11. The van der Waals surface area contributed by atoms with Crippen molar-refractivity contribution < 1.29 is 14.9 Å². The van der Waals surface area contributed by atoms with Crippen LogP contribution in [0.25, 0.3) is 0 Å². The van der Waals surface area contributed by atoms with Gasteiger partial charge in [0.15, 0.2) is 5.79 Å². The van der Waals surface area contributed by atoms with Gasteiger partial charge >= 0.3 is 0 Å². The zero-order valence-electron chi connectivity index (χ0n) is 10.4. The number of aliphatic hydroxyl groups is 2. The van der Waals surface area contributed by atoms with Crippen LogP contribution in [0.2, 0.25) is 5.02 Å². The minimum atomic E-state index is -1.27. The standard InChI is InChI=1S/C13H19ClO3/c1-9(8-15)12(17-13(2,3)16)10-6-4-5-7-11(10)14/h4-7,9,12,15-16H,8H2,1-3H3/t9-,12-/m1/s1. The van der Waals surface area contributed by atoms with Crippen LogP contribution in [0, 0.1) is 5.92 Å². The lowest BCUT2D eigenvalue weighted by Gasteiger charge is -2.30. The van der Waals surface area contributed by atoms with E-state index in [1.807, 2.05) is 25.1 Å². The molecule has 4 heteroatoms. The number of hydrogen-bond acceptors (Lipinski definition) is 3. The maximum absolute atomic E-state index is 9.74. The first kappa shape index (κ1) is 14.5. The molecule has 0 aliphatic carbocycles. The number of halogens is 1. The highest BCUT2D eigenvalue weighted by Gasteiger charge is 2.27. The maximum Gasteiger partial charge on any atom is 0.160 e. The summed E-state index contributed by atoms with van der Waals surface area (Å²) in [6.45, 7) is 4.92. The van der Waals surface area contributed by atoms with E-state index in [-0.39, 0.29) is 12.5 Å². The number of benzene rings is 1. The van der Waals surface area contributed by atoms with Crippen LogP contribution in [0.1, 0.15) is 32.4 Å². The number of hydrogen-bond donors (Lipinski definition) is 2. The zero-order valence-corrected chi connectivity index (χ0v) is 11.1. The summed E-state index contributed by atoms with van der Waals surface area (Å²) in [4.78, 5) is 0. The predicted molar refractivity (Wildman–Crippen MR) is 67.8 cm³/mol. The first-order chi connectivity index (χ1) is 7.85. The molecule has 0 aliphatic rings. The molecule has 0 fully saturated rings. The van der Waals surface area contributed by atoms with Crippen molar-refractivity contribution in [3.63, 3.8) is 0 Å². The molecule has 0 radical (unpaired) electrons. The van der Waals surface area contributed by atoms with Crippen molar-refractivity contribution in [3.8, 4) is 0 Å². The van der Waals surface area contributed by atoms with Gasteiger partial charge in [-0.15, -0.1) is 0 Å². The van der Waals surface area contributed by atoms with Crippen LogP contribution in [-0.4, -0.2) is 22.6 Å². The third-order valence-corrected chi connectivity index (χ3v) is 2.78. The molecule has 0 aromatic heterocycles. The Morgan fingerprint density at radius 1 is 1.35 bits per heavy atom. The van der Waals surface area contributed by atoms with Crippen LogP contribution < -0.4 is 0 Å². The Morgan fingerprint density at radius 3 is 2.41 bits per heavy atom. The van der Waals surface area contributed by atoms with Gasteiger partial charge in [0.05, 0.1) is 6.10 Å². The van der Waals surface area contributed by atoms with Gasteiger partial charge in [-0.25, -0.2) is 0 Å². The van der Waals surface area contributed by atoms with Crippen molar-refractivity contribution in [3.05, 3.63) is 34.9 Å². The second-order valence-corrected chi connectivity index (χ2v) is 5.07. The van der Waals surface area contributed by atoms with E-state index in [0.29, 0.717) is 5.02 Å². The first-order valence-corrected chi connectivity index (χ1v) is 5.98. The summed E-state index contributed by atoms with van der Waals surface area (Å²) in [5.74, 6) is -1.42. The fraction of sp³-hybridized carbons (Fsp3) is 0.538. The van der Waals surface area contributed by atoms with Crippen LogP contribution in [0.3, 0.4) is 0 Å². The van der Waals surface area contributed by atoms with Crippen LogP contribution >= 0.6 is 11.6 Å². The van der Waals surface area contributed by atoms with E-state index in [1.165, 1.54) is 0 Å². The average Bonchev–Trinajstić information content (AvgIpc) is 2.25. The van der Waals surface area contributed by atoms with Gasteiger partial charge in [0.25, 0.3) is 0 Å².